The number of halogens is 2. The molecular weight excluding hydrogens is 357 g/mol. The van der Waals surface area contributed by atoms with Gasteiger partial charge < -0.3 is 9.64 Å². The highest BCUT2D eigenvalue weighted by molar-refractivity contribution is 9.10. The molecule has 3 rings (SSSR count). The molecule has 1 atom stereocenters. The molecule has 1 fully saturated rings. The molecule has 4 heteroatoms. The van der Waals surface area contributed by atoms with Crippen molar-refractivity contribution in [1.29, 1.82) is 0 Å². The molecule has 1 aliphatic heterocycles. The van der Waals surface area contributed by atoms with E-state index in [1.54, 1.807) is 12.1 Å². The molecule has 0 spiro atoms. The first-order chi connectivity index (χ1) is 11.2. The lowest BCUT2D eigenvalue weighted by molar-refractivity contribution is 0.0644. The molecule has 2 aromatic carbocycles. The predicted molar refractivity (Wildman–Crippen MR) is 94.0 cm³/mol. The Bertz CT molecular complexity index is 563. The summed E-state index contributed by atoms with van der Waals surface area (Å²) in [6.45, 7) is 3.97. The van der Waals surface area contributed by atoms with E-state index in [0.717, 1.165) is 22.1 Å². The largest absolute Gasteiger partial charge is 0.367 e. The van der Waals surface area contributed by atoms with Crippen LogP contribution in [0.5, 0.6) is 0 Å². The van der Waals surface area contributed by atoms with Gasteiger partial charge in [0.2, 0.25) is 0 Å². The molecule has 0 radical (unpaired) electrons. The minimum absolute atomic E-state index is 0.161. The summed E-state index contributed by atoms with van der Waals surface area (Å²) in [5.74, 6) is -0.222. The predicted octanol–water partition coefficient (Wildman–Crippen LogP) is 4.79. The summed E-state index contributed by atoms with van der Waals surface area (Å²) in [6, 6.07) is 14.7. The average molecular weight is 378 g/mol. The van der Waals surface area contributed by atoms with Crippen molar-refractivity contribution in [2.24, 2.45) is 0 Å². The zero-order valence-electron chi connectivity index (χ0n) is 13.1. The lowest BCUT2D eigenvalue weighted by Gasteiger charge is -2.21. The van der Waals surface area contributed by atoms with E-state index in [-0.39, 0.29) is 11.9 Å². The van der Waals surface area contributed by atoms with Gasteiger partial charge in [-0.05, 0) is 61.3 Å². The molecule has 0 N–H and O–H groups in total. The van der Waals surface area contributed by atoms with E-state index in [1.165, 1.54) is 38.1 Å². The van der Waals surface area contributed by atoms with Crippen LogP contribution in [0, 0.1) is 5.82 Å². The first-order valence-electron chi connectivity index (χ1n) is 8.07. The highest BCUT2D eigenvalue weighted by Crippen LogP contribution is 2.27. The van der Waals surface area contributed by atoms with E-state index < -0.39 is 0 Å². The van der Waals surface area contributed by atoms with Gasteiger partial charge in [0.05, 0.1) is 6.61 Å². The standard InChI is InChI=1S/C19H21BrFNO/c20-17-7-3-15(4-8-17)19(16-5-9-18(21)10-6-16)23-14-13-22-11-1-2-12-22/h3-10,19H,1-2,11-14H2/t19-/m0/s1. The zero-order valence-corrected chi connectivity index (χ0v) is 14.6. The SMILES string of the molecule is Fc1ccc([C@@H](OCCN2CCCC2)c2ccc(Br)cc2)cc1. The number of hydrogen-bond acceptors (Lipinski definition) is 2. The van der Waals surface area contributed by atoms with Crippen LogP contribution in [0.15, 0.2) is 53.0 Å². The molecule has 122 valence electrons. The summed E-state index contributed by atoms with van der Waals surface area (Å²) < 4.78 is 20.4. The van der Waals surface area contributed by atoms with Crippen LogP contribution in [-0.2, 0) is 4.74 Å². The van der Waals surface area contributed by atoms with E-state index in [0.29, 0.717) is 6.61 Å². The van der Waals surface area contributed by atoms with Gasteiger partial charge in [-0.25, -0.2) is 4.39 Å². The minimum atomic E-state index is -0.222. The van der Waals surface area contributed by atoms with Crippen LogP contribution in [-0.4, -0.2) is 31.1 Å². The molecule has 0 aliphatic carbocycles. The molecule has 2 aromatic rings. The van der Waals surface area contributed by atoms with Crippen molar-refractivity contribution in [3.8, 4) is 0 Å². The number of benzene rings is 2. The second-order valence-electron chi connectivity index (χ2n) is 5.90. The molecule has 1 heterocycles. The maximum Gasteiger partial charge on any atom is 0.123 e. The summed E-state index contributed by atoms with van der Waals surface area (Å²) in [4.78, 5) is 2.43. The van der Waals surface area contributed by atoms with E-state index in [1.807, 2.05) is 24.3 Å². The Kier molecular flexibility index (Phi) is 5.81. The Hall–Kier alpha value is -1.23. The fourth-order valence-electron chi connectivity index (χ4n) is 2.97. The lowest BCUT2D eigenvalue weighted by atomic mass is 10.0. The third kappa shape index (κ3) is 4.63. The van der Waals surface area contributed by atoms with Crippen molar-refractivity contribution in [3.63, 3.8) is 0 Å². The number of ether oxygens (including phenoxy) is 1. The number of rotatable bonds is 6. The van der Waals surface area contributed by atoms with Crippen LogP contribution in [0.1, 0.15) is 30.1 Å². The molecule has 0 unspecified atom stereocenters. The summed E-state index contributed by atoms with van der Waals surface area (Å²) in [5.41, 5.74) is 2.07. The Balaban J connectivity index is 1.72. The smallest absolute Gasteiger partial charge is 0.123 e. The summed E-state index contributed by atoms with van der Waals surface area (Å²) in [6.07, 6.45) is 2.41. The normalized spacial score (nSPS) is 16.6. The minimum Gasteiger partial charge on any atom is -0.367 e. The molecular formula is C19H21BrFNO. The van der Waals surface area contributed by atoms with E-state index >= 15 is 0 Å². The van der Waals surface area contributed by atoms with Crippen molar-refractivity contribution in [2.75, 3.05) is 26.2 Å². The van der Waals surface area contributed by atoms with E-state index in [4.69, 9.17) is 4.74 Å². The van der Waals surface area contributed by atoms with Gasteiger partial charge in [-0.3, -0.25) is 0 Å². The third-order valence-electron chi connectivity index (χ3n) is 4.24. The summed E-state index contributed by atoms with van der Waals surface area (Å²) in [5, 5.41) is 0. The van der Waals surface area contributed by atoms with Crippen LogP contribution in [0.2, 0.25) is 0 Å². The van der Waals surface area contributed by atoms with Crippen molar-refractivity contribution in [2.45, 2.75) is 18.9 Å². The first-order valence-corrected chi connectivity index (χ1v) is 8.86. The van der Waals surface area contributed by atoms with Gasteiger partial charge in [0.25, 0.3) is 0 Å². The Morgan fingerprint density at radius 1 is 0.957 bits per heavy atom. The summed E-state index contributed by atoms with van der Waals surface area (Å²) >= 11 is 3.46. The van der Waals surface area contributed by atoms with Crippen molar-refractivity contribution in [3.05, 3.63) is 69.9 Å². The van der Waals surface area contributed by atoms with Gasteiger partial charge in [0.1, 0.15) is 11.9 Å². The fraction of sp³-hybridized carbons (Fsp3) is 0.368. The van der Waals surface area contributed by atoms with Crippen LogP contribution < -0.4 is 0 Å². The van der Waals surface area contributed by atoms with Crippen LogP contribution in [0.3, 0.4) is 0 Å². The van der Waals surface area contributed by atoms with Crippen molar-refractivity contribution in [1.82, 2.24) is 4.90 Å². The van der Waals surface area contributed by atoms with Crippen LogP contribution in [0.25, 0.3) is 0 Å². The Labute approximate surface area is 145 Å². The second kappa shape index (κ2) is 8.04. The molecule has 1 aliphatic rings. The first kappa shape index (κ1) is 16.6. The van der Waals surface area contributed by atoms with Gasteiger partial charge in [-0.15, -0.1) is 0 Å². The molecule has 2 nitrogen and oxygen atoms in total. The van der Waals surface area contributed by atoms with Gasteiger partial charge >= 0.3 is 0 Å². The van der Waals surface area contributed by atoms with Gasteiger partial charge in [-0.2, -0.15) is 0 Å². The number of nitrogens with zero attached hydrogens (tertiary/aromatic N) is 1. The molecule has 1 saturated heterocycles. The van der Waals surface area contributed by atoms with Crippen LogP contribution >= 0.6 is 15.9 Å². The highest BCUT2D eigenvalue weighted by Gasteiger charge is 2.17. The molecule has 0 amide bonds. The molecule has 23 heavy (non-hydrogen) atoms. The van der Waals surface area contributed by atoms with Crippen molar-refractivity contribution >= 4 is 15.9 Å². The van der Waals surface area contributed by atoms with Crippen molar-refractivity contribution < 1.29 is 9.13 Å². The van der Waals surface area contributed by atoms with Gasteiger partial charge in [0, 0.05) is 11.0 Å². The van der Waals surface area contributed by atoms with Gasteiger partial charge in [-0.1, -0.05) is 40.2 Å². The van der Waals surface area contributed by atoms with Crippen LogP contribution in [0.4, 0.5) is 4.39 Å². The van der Waals surface area contributed by atoms with Gasteiger partial charge in [0.15, 0.2) is 0 Å². The van der Waals surface area contributed by atoms with E-state index in [9.17, 15) is 4.39 Å². The third-order valence-corrected chi connectivity index (χ3v) is 4.76. The van der Waals surface area contributed by atoms with E-state index in [2.05, 4.69) is 20.8 Å². The quantitative estimate of drug-likeness (QED) is 0.717. The topological polar surface area (TPSA) is 12.5 Å². The zero-order chi connectivity index (χ0) is 16.1. The molecule has 0 bridgehead atoms. The maximum atomic E-state index is 13.2. The molecule has 0 aromatic heterocycles. The summed E-state index contributed by atoms with van der Waals surface area (Å²) in [7, 11) is 0. The Morgan fingerprint density at radius 2 is 1.52 bits per heavy atom. The lowest BCUT2D eigenvalue weighted by Crippen LogP contribution is -2.25. The average Bonchev–Trinajstić information content (AvgIpc) is 3.07. The maximum absolute atomic E-state index is 13.2. The number of likely N-dealkylation sites (tertiary alicyclic amines) is 1. The second-order valence-corrected chi connectivity index (χ2v) is 6.82. The Morgan fingerprint density at radius 3 is 2.13 bits per heavy atom. The molecule has 0 saturated carbocycles. The fourth-order valence-corrected chi connectivity index (χ4v) is 3.23. The number of hydrogen-bond donors (Lipinski definition) is 0. The monoisotopic (exact) mass is 377 g/mol. The highest BCUT2D eigenvalue weighted by atomic mass is 79.9.